The maximum absolute atomic E-state index is 5.98. The van der Waals surface area contributed by atoms with E-state index in [9.17, 15) is 0 Å². The summed E-state index contributed by atoms with van der Waals surface area (Å²) < 4.78 is 0. The third-order valence-corrected chi connectivity index (χ3v) is 3.08. The summed E-state index contributed by atoms with van der Waals surface area (Å²) in [5, 5.41) is 0. The van der Waals surface area contributed by atoms with Gasteiger partial charge in [-0.3, -0.25) is 0 Å². The molecular formula is C9H16N2. The fourth-order valence-electron chi connectivity index (χ4n) is 2.22. The van der Waals surface area contributed by atoms with Gasteiger partial charge in [-0.15, -0.1) is 0 Å². The average Bonchev–Trinajstić information content (AvgIpc) is 2.22. The molecule has 2 heteroatoms. The molecule has 0 heterocycles. The third kappa shape index (κ3) is 1.21. The normalized spacial score (nSPS) is 49.3. The van der Waals surface area contributed by atoms with Gasteiger partial charge in [-0.25, -0.2) is 0 Å². The van der Waals surface area contributed by atoms with Crippen LogP contribution in [0.1, 0.15) is 19.3 Å². The molecule has 1 saturated carbocycles. The van der Waals surface area contributed by atoms with Crippen molar-refractivity contribution in [2.24, 2.45) is 23.3 Å². The average molecular weight is 152 g/mol. The summed E-state index contributed by atoms with van der Waals surface area (Å²) in [4.78, 5) is 0. The van der Waals surface area contributed by atoms with Crippen LogP contribution >= 0.6 is 0 Å². The van der Waals surface area contributed by atoms with Crippen LogP contribution in [-0.4, -0.2) is 12.1 Å². The van der Waals surface area contributed by atoms with Gasteiger partial charge in [0, 0.05) is 12.1 Å². The summed E-state index contributed by atoms with van der Waals surface area (Å²) in [7, 11) is 0. The van der Waals surface area contributed by atoms with Gasteiger partial charge in [-0.05, 0) is 31.1 Å². The minimum atomic E-state index is 0.366. The molecule has 0 spiro atoms. The van der Waals surface area contributed by atoms with E-state index in [4.69, 9.17) is 11.5 Å². The molecule has 3 rings (SSSR count). The number of fused-ring (bicyclic) bond motifs is 3. The Hall–Kier alpha value is -0.340. The highest BCUT2D eigenvalue weighted by molar-refractivity contribution is 5.08. The van der Waals surface area contributed by atoms with Crippen molar-refractivity contribution >= 4 is 0 Å². The zero-order chi connectivity index (χ0) is 7.84. The van der Waals surface area contributed by atoms with Gasteiger partial charge in [0.05, 0.1) is 0 Å². The molecular weight excluding hydrogens is 136 g/mol. The summed E-state index contributed by atoms with van der Waals surface area (Å²) in [6.45, 7) is 0. The summed E-state index contributed by atoms with van der Waals surface area (Å²) in [6, 6.07) is 0.739. The van der Waals surface area contributed by atoms with Crippen molar-refractivity contribution < 1.29 is 0 Å². The van der Waals surface area contributed by atoms with Crippen LogP contribution < -0.4 is 11.5 Å². The second-order valence-corrected chi connectivity index (χ2v) is 3.85. The van der Waals surface area contributed by atoms with Crippen molar-refractivity contribution in [2.75, 3.05) is 0 Å². The predicted molar refractivity (Wildman–Crippen MR) is 45.9 cm³/mol. The third-order valence-electron chi connectivity index (χ3n) is 3.08. The van der Waals surface area contributed by atoms with Crippen molar-refractivity contribution in [3.8, 4) is 0 Å². The Morgan fingerprint density at radius 3 is 2.36 bits per heavy atom. The molecule has 62 valence electrons. The van der Waals surface area contributed by atoms with E-state index in [-0.39, 0.29) is 0 Å². The van der Waals surface area contributed by atoms with Crippen LogP contribution in [0.25, 0.3) is 0 Å². The Balaban J connectivity index is 2.20. The van der Waals surface area contributed by atoms with Gasteiger partial charge in [0.2, 0.25) is 0 Å². The highest BCUT2D eigenvalue weighted by Gasteiger charge is 2.31. The van der Waals surface area contributed by atoms with Gasteiger partial charge < -0.3 is 11.5 Å². The van der Waals surface area contributed by atoms with E-state index >= 15 is 0 Å². The highest BCUT2D eigenvalue weighted by atomic mass is 14.7. The van der Waals surface area contributed by atoms with Crippen molar-refractivity contribution in [1.29, 1.82) is 0 Å². The molecule has 0 amide bonds. The molecule has 2 bridgehead atoms. The fraction of sp³-hybridized carbons (Fsp3) is 0.778. The molecule has 4 N–H and O–H groups in total. The van der Waals surface area contributed by atoms with Gasteiger partial charge in [0.15, 0.2) is 0 Å². The SMILES string of the molecule is NC1CC2C=CC1CCC2N. The zero-order valence-electron chi connectivity index (χ0n) is 6.74. The lowest BCUT2D eigenvalue weighted by Gasteiger charge is -2.25. The first-order valence-corrected chi connectivity index (χ1v) is 4.47. The Bertz CT molecular complexity index is 176. The minimum Gasteiger partial charge on any atom is -0.327 e. The molecule has 2 nitrogen and oxygen atoms in total. The monoisotopic (exact) mass is 152 g/mol. The minimum absolute atomic E-state index is 0.366. The molecule has 0 aromatic rings. The predicted octanol–water partition coefficient (Wildman–Crippen LogP) is 0.627. The van der Waals surface area contributed by atoms with E-state index in [2.05, 4.69) is 12.2 Å². The van der Waals surface area contributed by atoms with Crippen LogP contribution in [0.15, 0.2) is 12.2 Å². The first-order chi connectivity index (χ1) is 5.27. The Morgan fingerprint density at radius 2 is 1.64 bits per heavy atom. The Labute approximate surface area is 67.6 Å². The van der Waals surface area contributed by atoms with E-state index in [0.717, 1.165) is 12.8 Å². The van der Waals surface area contributed by atoms with E-state index in [1.807, 2.05) is 0 Å². The number of hydrogen-bond donors (Lipinski definition) is 2. The smallest absolute Gasteiger partial charge is 0.0108 e. The van der Waals surface area contributed by atoms with E-state index in [0.29, 0.717) is 23.9 Å². The van der Waals surface area contributed by atoms with Crippen LogP contribution in [0.4, 0.5) is 0 Å². The van der Waals surface area contributed by atoms with Gasteiger partial charge in [0.1, 0.15) is 0 Å². The molecule has 1 fully saturated rings. The van der Waals surface area contributed by atoms with Crippen LogP contribution in [0.5, 0.6) is 0 Å². The van der Waals surface area contributed by atoms with Crippen molar-refractivity contribution in [3.63, 3.8) is 0 Å². The Morgan fingerprint density at radius 1 is 0.909 bits per heavy atom. The summed E-state index contributed by atoms with van der Waals surface area (Å²) >= 11 is 0. The first-order valence-electron chi connectivity index (χ1n) is 4.47. The lowest BCUT2D eigenvalue weighted by Crippen LogP contribution is -2.35. The second-order valence-electron chi connectivity index (χ2n) is 3.85. The quantitative estimate of drug-likeness (QED) is 0.500. The molecule has 4 unspecified atom stereocenters. The van der Waals surface area contributed by atoms with Crippen LogP contribution in [0, 0.1) is 11.8 Å². The van der Waals surface area contributed by atoms with Gasteiger partial charge >= 0.3 is 0 Å². The van der Waals surface area contributed by atoms with Crippen LogP contribution in [0.2, 0.25) is 0 Å². The van der Waals surface area contributed by atoms with Crippen molar-refractivity contribution in [2.45, 2.75) is 31.3 Å². The molecule has 0 aliphatic heterocycles. The molecule has 0 saturated heterocycles. The maximum atomic E-state index is 5.98. The molecule has 4 atom stereocenters. The first kappa shape index (κ1) is 7.32. The van der Waals surface area contributed by atoms with Gasteiger partial charge in [0.25, 0.3) is 0 Å². The molecule has 3 aliphatic rings. The molecule has 0 aromatic heterocycles. The lowest BCUT2D eigenvalue weighted by molar-refractivity contribution is 0.413. The Kier molecular flexibility index (Phi) is 1.74. The second kappa shape index (κ2) is 2.61. The lowest BCUT2D eigenvalue weighted by atomic mass is 9.86. The van der Waals surface area contributed by atoms with Crippen LogP contribution in [-0.2, 0) is 0 Å². The topological polar surface area (TPSA) is 52.0 Å². The van der Waals surface area contributed by atoms with Crippen molar-refractivity contribution in [1.82, 2.24) is 0 Å². The van der Waals surface area contributed by atoms with E-state index in [1.54, 1.807) is 0 Å². The van der Waals surface area contributed by atoms with E-state index < -0.39 is 0 Å². The standard InChI is InChI=1S/C9H16N2/c10-8-4-3-6-1-2-7(8)5-9(6)11/h1-2,6-9H,3-5,10-11H2. The van der Waals surface area contributed by atoms with Crippen molar-refractivity contribution in [3.05, 3.63) is 12.2 Å². The fourth-order valence-corrected chi connectivity index (χ4v) is 2.22. The highest BCUT2D eigenvalue weighted by Crippen LogP contribution is 2.32. The largest absolute Gasteiger partial charge is 0.327 e. The van der Waals surface area contributed by atoms with Crippen LogP contribution in [0.3, 0.4) is 0 Å². The summed E-state index contributed by atoms with van der Waals surface area (Å²) in [5.74, 6) is 1.17. The number of nitrogens with two attached hydrogens (primary N) is 2. The van der Waals surface area contributed by atoms with E-state index in [1.165, 1.54) is 6.42 Å². The maximum Gasteiger partial charge on any atom is 0.0108 e. The van der Waals surface area contributed by atoms with Gasteiger partial charge in [-0.2, -0.15) is 0 Å². The number of hydrogen-bond acceptors (Lipinski definition) is 2. The summed E-state index contributed by atoms with van der Waals surface area (Å²) in [6.07, 6.45) is 7.98. The van der Waals surface area contributed by atoms with Gasteiger partial charge in [-0.1, -0.05) is 12.2 Å². The molecule has 0 radical (unpaired) electrons. The summed E-state index contributed by atoms with van der Waals surface area (Å²) in [5.41, 5.74) is 11.9. The molecule has 0 aromatic carbocycles. The molecule has 11 heavy (non-hydrogen) atoms. The zero-order valence-corrected chi connectivity index (χ0v) is 6.74. The number of rotatable bonds is 0. The molecule has 3 aliphatic carbocycles.